The molecule has 2 aliphatic heterocycles. The van der Waals surface area contributed by atoms with Gasteiger partial charge in [0.1, 0.15) is 0 Å². The maximum Gasteiger partial charge on any atom is 0.278 e. The molecule has 8 heteroatoms. The maximum absolute atomic E-state index is 5.52. The number of nitrogens with zero attached hydrogens (tertiary/aromatic N) is 5. The predicted octanol–water partition coefficient (Wildman–Crippen LogP) is 2.36. The summed E-state index contributed by atoms with van der Waals surface area (Å²) < 4.78 is 13.0. The molecule has 5 rings (SSSR count). The molecule has 4 heterocycles. The Morgan fingerprint density at radius 2 is 2.10 bits per heavy atom. The van der Waals surface area contributed by atoms with Gasteiger partial charge in [-0.05, 0) is 37.1 Å². The normalized spacial score (nSPS) is 20.8. The molecular formula is C21H26N6O2. The minimum absolute atomic E-state index is 0.386. The number of ether oxygens (including phenoxy) is 1. The molecule has 1 atom stereocenters. The van der Waals surface area contributed by atoms with Crippen LogP contribution in [0.4, 0.5) is 0 Å². The van der Waals surface area contributed by atoms with Crippen LogP contribution < -0.4 is 5.32 Å². The van der Waals surface area contributed by atoms with E-state index < -0.39 is 0 Å². The van der Waals surface area contributed by atoms with Gasteiger partial charge in [-0.2, -0.15) is 10.1 Å². The van der Waals surface area contributed by atoms with E-state index in [1.54, 1.807) is 0 Å². The summed E-state index contributed by atoms with van der Waals surface area (Å²) in [6.45, 7) is 6.48. The lowest BCUT2D eigenvalue weighted by Gasteiger charge is -2.26. The SMILES string of the molecule is c1cc(CN2CCOCC2)cc(-c2noc(-c3ccn(C4CCCNC4)n3)n2)c1. The minimum Gasteiger partial charge on any atom is -0.379 e. The van der Waals surface area contributed by atoms with Crippen molar-refractivity contribution in [2.45, 2.75) is 25.4 Å². The number of hydrogen-bond donors (Lipinski definition) is 1. The summed E-state index contributed by atoms with van der Waals surface area (Å²) in [6, 6.07) is 10.7. The van der Waals surface area contributed by atoms with Crippen LogP contribution in [0.1, 0.15) is 24.4 Å². The van der Waals surface area contributed by atoms with E-state index in [0.29, 0.717) is 17.8 Å². The van der Waals surface area contributed by atoms with Crippen LogP contribution >= 0.6 is 0 Å². The molecule has 152 valence electrons. The highest BCUT2D eigenvalue weighted by Crippen LogP contribution is 2.24. The molecule has 1 aromatic carbocycles. The molecule has 2 fully saturated rings. The van der Waals surface area contributed by atoms with Gasteiger partial charge in [-0.3, -0.25) is 9.58 Å². The van der Waals surface area contributed by atoms with Crippen molar-refractivity contribution in [3.63, 3.8) is 0 Å². The van der Waals surface area contributed by atoms with Crippen LogP contribution in [0.25, 0.3) is 23.0 Å². The highest BCUT2D eigenvalue weighted by atomic mass is 16.5. The topological polar surface area (TPSA) is 81.2 Å². The third-order valence-electron chi connectivity index (χ3n) is 5.59. The van der Waals surface area contributed by atoms with Gasteiger partial charge in [-0.15, -0.1) is 0 Å². The fourth-order valence-corrected chi connectivity index (χ4v) is 3.99. The van der Waals surface area contributed by atoms with Crippen LogP contribution in [0.2, 0.25) is 0 Å². The van der Waals surface area contributed by atoms with Crippen molar-refractivity contribution in [3.8, 4) is 23.0 Å². The van der Waals surface area contributed by atoms with Crippen LogP contribution in [-0.4, -0.2) is 64.2 Å². The first-order valence-corrected chi connectivity index (χ1v) is 10.3. The van der Waals surface area contributed by atoms with Crippen molar-refractivity contribution in [1.29, 1.82) is 0 Å². The van der Waals surface area contributed by atoms with Crippen molar-refractivity contribution in [2.75, 3.05) is 39.4 Å². The van der Waals surface area contributed by atoms with Gasteiger partial charge in [0, 0.05) is 37.9 Å². The third kappa shape index (κ3) is 4.24. The van der Waals surface area contributed by atoms with Crippen LogP contribution in [-0.2, 0) is 11.3 Å². The van der Waals surface area contributed by atoms with E-state index in [9.17, 15) is 0 Å². The highest BCUT2D eigenvalue weighted by Gasteiger charge is 2.19. The summed E-state index contributed by atoms with van der Waals surface area (Å²) in [5.41, 5.74) is 2.92. The molecule has 0 spiro atoms. The van der Waals surface area contributed by atoms with E-state index >= 15 is 0 Å². The predicted molar refractivity (Wildman–Crippen MR) is 108 cm³/mol. The Morgan fingerprint density at radius 1 is 1.17 bits per heavy atom. The Balaban J connectivity index is 1.31. The Labute approximate surface area is 169 Å². The van der Waals surface area contributed by atoms with Gasteiger partial charge >= 0.3 is 0 Å². The van der Waals surface area contributed by atoms with Crippen molar-refractivity contribution >= 4 is 0 Å². The molecule has 2 aliphatic rings. The van der Waals surface area contributed by atoms with Gasteiger partial charge in [-0.1, -0.05) is 23.4 Å². The number of rotatable bonds is 5. The maximum atomic E-state index is 5.52. The quantitative estimate of drug-likeness (QED) is 0.711. The molecule has 2 saturated heterocycles. The standard InChI is InChI=1S/C21H26N6O2/c1-3-16(15-26-9-11-28-12-10-26)13-17(4-1)20-23-21(29-25-20)19-6-8-27(24-19)18-5-2-7-22-14-18/h1,3-4,6,8,13,18,22H,2,5,7,9-12,14-15H2. The lowest BCUT2D eigenvalue weighted by Crippen LogP contribution is -2.35. The van der Waals surface area contributed by atoms with Gasteiger partial charge in [0.25, 0.3) is 5.89 Å². The van der Waals surface area contributed by atoms with Gasteiger partial charge in [0.15, 0.2) is 5.69 Å². The van der Waals surface area contributed by atoms with Crippen LogP contribution in [0, 0.1) is 0 Å². The Morgan fingerprint density at radius 3 is 2.97 bits per heavy atom. The molecule has 29 heavy (non-hydrogen) atoms. The van der Waals surface area contributed by atoms with Crippen molar-refractivity contribution in [2.24, 2.45) is 0 Å². The Kier molecular flexibility index (Phi) is 5.38. The average Bonchev–Trinajstić information content (AvgIpc) is 3.45. The number of morpholine rings is 1. The minimum atomic E-state index is 0.386. The van der Waals surface area contributed by atoms with Crippen LogP contribution in [0.5, 0.6) is 0 Å². The highest BCUT2D eigenvalue weighted by molar-refractivity contribution is 5.58. The van der Waals surface area contributed by atoms with Crippen LogP contribution in [0.3, 0.4) is 0 Å². The molecule has 0 amide bonds. The van der Waals surface area contributed by atoms with Crippen molar-refractivity contribution in [1.82, 2.24) is 30.1 Å². The second-order valence-electron chi connectivity index (χ2n) is 7.69. The Bertz CT molecular complexity index is 940. The first-order valence-electron chi connectivity index (χ1n) is 10.3. The van der Waals surface area contributed by atoms with E-state index in [-0.39, 0.29) is 0 Å². The zero-order valence-electron chi connectivity index (χ0n) is 16.5. The van der Waals surface area contributed by atoms with Gasteiger partial charge in [0.05, 0.1) is 19.3 Å². The van der Waals surface area contributed by atoms with Crippen molar-refractivity contribution < 1.29 is 9.26 Å². The fourth-order valence-electron chi connectivity index (χ4n) is 3.99. The largest absolute Gasteiger partial charge is 0.379 e. The zero-order chi connectivity index (χ0) is 19.5. The van der Waals surface area contributed by atoms with E-state index in [2.05, 4.69) is 37.6 Å². The number of benzene rings is 1. The zero-order valence-corrected chi connectivity index (χ0v) is 16.5. The first-order chi connectivity index (χ1) is 14.3. The molecule has 1 unspecified atom stereocenters. The van der Waals surface area contributed by atoms with Gasteiger partial charge in [-0.25, -0.2) is 0 Å². The molecule has 0 bridgehead atoms. The number of hydrogen-bond acceptors (Lipinski definition) is 7. The van der Waals surface area contributed by atoms with Gasteiger partial charge in [0.2, 0.25) is 5.82 Å². The lowest BCUT2D eigenvalue weighted by atomic mass is 10.1. The summed E-state index contributed by atoms with van der Waals surface area (Å²) in [6.07, 6.45) is 4.31. The van der Waals surface area contributed by atoms with E-state index in [1.807, 2.05) is 29.1 Å². The van der Waals surface area contributed by atoms with Crippen LogP contribution in [0.15, 0.2) is 41.1 Å². The van der Waals surface area contributed by atoms with E-state index in [1.165, 1.54) is 12.0 Å². The molecular weight excluding hydrogens is 368 g/mol. The number of piperidine rings is 1. The van der Waals surface area contributed by atoms with E-state index in [4.69, 9.17) is 9.26 Å². The molecule has 8 nitrogen and oxygen atoms in total. The third-order valence-corrected chi connectivity index (χ3v) is 5.59. The molecule has 0 radical (unpaired) electrons. The second kappa shape index (κ2) is 8.44. The summed E-state index contributed by atoms with van der Waals surface area (Å²) in [5.74, 6) is 1.05. The Hall–Kier alpha value is -2.55. The summed E-state index contributed by atoms with van der Waals surface area (Å²) >= 11 is 0. The molecule has 2 aromatic heterocycles. The first kappa shape index (κ1) is 18.5. The number of nitrogens with one attached hydrogen (secondary N) is 1. The molecule has 0 saturated carbocycles. The average molecular weight is 394 g/mol. The molecule has 0 aliphatic carbocycles. The smallest absolute Gasteiger partial charge is 0.278 e. The summed E-state index contributed by atoms with van der Waals surface area (Å²) in [5, 5.41) is 12.3. The summed E-state index contributed by atoms with van der Waals surface area (Å²) in [7, 11) is 0. The second-order valence-corrected chi connectivity index (χ2v) is 7.69. The van der Waals surface area contributed by atoms with E-state index in [0.717, 1.165) is 63.6 Å². The number of aromatic nitrogens is 4. The van der Waals surface area contributed by atoms with Crippen molar-refractivity contribution in [3.05, 3.63) is 42.1 Å². The molecule has 3 aromatic rings. The monoisotopic (exact) mass is 394 g/mol. The fraction of sp³-hybridized carbons (Fsp3) is 0.476. The van der Waals surface area contributed by atoms with Gasteiger partial charge < -0.3 is 14.6 Å². The summed E-state index contributed by atoms with van der Waals surface area (Å²) in [4.78, 5) is 6.99. The molecule has 1 N–H and O–H groups in total. The lowest BCUT2D eigenvalue weighted by molar-refractivity contribution is 0.0342.